The molecule has 0 saturated carbocycles. The van der Waals surface area contributed by atoms with Crippen molar-refractivity contribution in [1.29, 1.82) is 0 Å². The van der Waals surface area contributed by atoms with Crippen LogP contribution in [0, 0.1) is 0 Å². The fraction of sp³-hybridized carbons (Fsp3) is 0.833. The van der Waals surface area contributed by atoms with Crippen molar-refractivity contribution in [1.82, 2.24) is 0 Å². The molecule has 0 spiro atoms. The molecule has 0 rings (SSSR count). The van der Waals surface area contributed by atoms with Crippen LogP contribution < -0.4 is 29.6 Å². The van der Waals surface area contributed by atoms with Gasteiger partial charge in [-0.15, -0.1) is 0 Å². The zero-order chi connectivity index (χ0) is 8.69. The van der Waals surface area contributed by atoms with Gasteiger partial charge >= 0.3 is 35.7 Å². The Kier molecular flexibility index (Phi) is 12.9. The molecule has 0 radical (unpaired) electrons. The normalized spacial score (nSPS) is 9.00. The quantitative estimate of drug-likeness (QED) is 0.272. The Hall–Kier alpha value is 0.970. The topological polar surface area (TPSA) is 35.5 Å². The summed E-state index contributed by atoms with van der Waals surface area (Å²) in [5.41, 5.74) is 0. The van der Waals surface area contributed by atoms with Gasteiger partial charge in [0.25, 0.3) is 0 Å². The van der Waals surface area contributed by atoms with E-state index in [1.165, 1.54) is 0 Å². The van der Waals surface area contributed by atoms with E-state index in [1.807, 2.05) is 0 Å². The van der Waals surface area contributed by atoms with Crippen LogP contribution in [0.15, 0.2) is 0 Å². The van der Waals surface area contributed by atoms with E-state index < -0.39 is 6.16 Å². The summed E-state index contributed by atoms with van der Waals surface area (Å²) >= 11 is 7.97. The Bertz CT molecular complexity index is 126. The number of hydrogen-bond acceptors (Lipinski definition) is 5. The van der Waals surface area contributed by atoms with Crippen molar-refractivity contribution in [2.75, 3.05) is 13.2 Å². The van der Waals surface area contributed by atoms with Crippen molar-refractivity contribution < 1.29 is 45.3 Å². The second kappa shape index (κ2) is 10.1. The van der Waals surface area contributed by atoms with E-state index >= 15 is 0 Å². The van der Waals surface area contributed by atoms with Gasteiger partial charge in [0, 0.05) is 11.0 Å². The van der Waals surface area contributed by atoms with E-state index in [1.54, 1.807) is 6.92 Å². The fourth-order valence-electron chi connectivity index (χ4n) is 0.407. The van der Waals surface area contributed by atoms with E-state index in [4.69, 9.17) is 0 Å². The Morgan fingerprint density at radius 1 is 1.50 bits per heavy atom. The van der Waals surface area contributed by atoms with Crippen LogP contribution in [0.1, 0.15) is 14.8 Å². The van der Waals surface area contributed by atoms with Crippen molar-refractivity contribution in [3.63, 3.8) is 0 Å². The Morgan fingerprint density at radius 2 is 2.08 bits per heavy atom. The van der Waals surface area contributed by atoms with Crippen molar-refractivity contribution in [2.24, 2.45) is 0 Å². The van der Waals surface area contributed by atoms with E-state index in [-0.39, 0.29) is 35.6 Å². The number of rotatable bonds is 4. The molecular weight excluding hydrogens is 207 g/mol. The van der Waals surface area contributed by atoms with Gasteiger partial charge in [0.15, 0.2) is 0 Å². The van der Waals surface area contributed by atoms with E-state index in [2.05, 4.69) is 34.7 Å². The van der Waals surface area contributed by atoms with E-state index in [0.29, 0.717) is 19.6 Å². The van der Waals surface area contributed by atoms with Crippen LogP contribution in [-0.2, 0) is 9.47 Å². The second-order valence-corrected chi connectivity index (χ2v) is 3.45. The van der Waals surface area contributed by atoms with Crippen LogP contribution in [0.3, 0.4) is 0 Å². The van der Waals surface area contributed by atoms with Gasteiger partial charge < -0.3 is 10.9 Å². The van der Waals surface area contributed by atoms with Crippen LogP contribution >= 0.6 is 25.3 Å². The van der Waals surface area contributed by atoms with Gasteiger partial charge in [-0.25, -0.2) is 4.79 Å². The molecular formula is C6H13NaO3S2. The summed E-state index contributed by atoms with van der Waals surface area (Å²) < 4.78 is 9.10. The molecule has 0 unspecified atom stereocenters. The molecule has 0 aromatic carbocycles. The van der Waals surface area contributed by atoms with Crippen LogP contribution in [0.2, 0.25) is 0 Å². The third-order valence-corrected chi connectivity index (χ3v) is 1.37. The van der Waals surface area contributed by atoms with Crippen molar-refractivity contribution in [3.05, 3.63) is 0 Å². The number of ether oxygens (including phenoxy) is 2. The molecule has 0 bridgehead atoms. The molecule has 0 fully saturated rings. The summed E-state index contributed by atoms with van der Waals surface area (Å²) in [7, 11) is 0. The van der Waals surface area contributed by atoms with Gasteiger partial charge in [-0.3, -0.25) is 0 Å². The first-order valence-electron chi connectivity index (χ1n) is 3.32. The average Bonchev–Trinajstić information content (AvgIpc) is 1.87. The van der Waals surface area contributed by atoms with E-state index in [9.17, 15) is 4.79 Å². The molecule has 0 N–H and O–H groups in total. The maximum atomic E-state index is 10.5. The van der Waals surface area contributed by atoms with E-state index in [0.717, 1.165) is 0 Å². The monoisotopic (exact) mass is 220 g/mol. The predicted octanol–water partition coefficient (Wildman–Crippen LogP) is -1.15. The van der Waals surface area contributed by atoms with Crippen molar-refractivity contribution in [3.8, 4) is 0 Å². The Morgan fingerprint density at radius 3 is 2.50 bits per heavy atom. The van der Waals surface area contributed by atoms with Gasteiger partial charge in [0.1, 0.15) is 0 Å². The van der Waals surface area contributed by atoms with Crippen LogP contribution in [-0.4, -0.2) is 24.0 Å². The zero-order valence-electron chi connectivity index (χ0n) is 8.32. The molecule has 0 aliphatic carbocycles. The minimum absolute atomic E-state index is 0. The number of carbonyl (C=O) groups is 1. The van der Waals surface area contributed by atoms with Gasteiger partial charge in [0.05, 0.1) is 13.2 Å². The van der Waals surface area contributed by atoms with Gasteiger partial charge in [-0.05, 0) is 6.92 Å². The Balaban J connectivity index is -0.000000500. The Labute approximate surface area is 107 Å². The molecule has 0 atom stereocenters. The zero-order valence-corrected chi connectivity index (χ0v) is 11.1. The van der Waals surface area contributed by atoms with Gasteiger partial charge in [0.2, 0.25) is 0 Å². The summed E-state index contributed by atoms with van der Waals surface area (Å²) in [6, 6.07) is 0. The number of carbonyl (C=O) groups excluding carboxylic acids is 1. The van der Waals surface area contributed by atoms with Crippen LogP contribution in [0.5, 0.6) is 0 Å². The smallest absolute Gasteiger partial charge is 1.00 e. The molecule has 0 amide bonds. The minimum atomic E-state index is -0.630. The summed E-state index contributed by atoms with van der Waals surface area (Å²) in [4.78, 5) is 10.5. The predicted molar refractivity (Wildman–Crippen MR) is 50.5 cm³/mol. The molecule has 6 heteroatoms. The molecule has 0 aliphatic rings. The molecule has 12 heavy (non-hydrogen) atoms. The van der Waals surface area contributed by atoms with Crippen LogP contribution in [0.25, 0.3) is 0 Å². The molecule has 0 heterocycles. The third kappa shape index (κ3) is 11.0. The summed E-state index contributed by atoms with van der Waals surface area (Å²) in [5, 5.41) is 0. The number of hydrogen-bond donors (Lipinski definition) is 2. The number of thiol groups is 2. The first-order valence-corrected chi connectivity index (χ1v) is 4.35. The van der Waals surface area contributed by atoms with Crippen molar-refractivity contribution in [2.45, 2.75) is 17.9 Å². The average molecular weight is 220 g/mol. The summed E-state index contributed by atoms with van der Waals surface area (Å²) in [6.45, 7) is 2.36. The maximum absolute atomic E-state index is 10.5. The first kappa shape index (κ1) is 15.4. The molecule has 0 aromatic heterocycles. The molecule has 3 nitrogen and oxygen atoms in total. The molecule has 0 aliphatic heterocycles. The molecule has 0 aromatic rings. The largest absolute Gasteiger partial charge is 1.00 e. The fourth-order valence-corrected chi connectivity index (χ4v) is 0.618. The van der Waals surface area contributed by atoms with Gasteiger partial charge in [-0.2, -0.15) is 25.3 Å². The minimum Gasteiger partial charge on any atom is -1.00 e. The second-order valence-electron chi connectivity index (χ2n) is 1.80. The first-order chi connectivity index (χ1) is 5.16. The molecule has 0 saturated heterocycles. The van der Waals surface area contributed by atoms with Gasteiger partial charge in [-0.1, -0.05) is 0 Å². The molecule has 68 valence electrons. The van der Waals surface area contributed by atoms with Crippen LogP contribution in [0.4, 0.5) is 4.79 Å². The summed E-state index contributed by atoms with van der Waals surface area (Å²) in [6.07, 6.45) is -0.0137. The van der Waals surface area contributed by atoms with Crippen molar-refractivity contribution >= 4 is 31.4 Å². The standard InChI is InChI=1S/C6H12O3S2.Na.H/c1-2-8-6(7)9-4-3-5(10)11;;/h5,10-11H,2-4H2,1H3;;/q;+1;-1. The summed E-state index contributed by atoms with van der Waals surface area (Å²) in [5.74, 6) is 0. The SMILES string of the molecule is CCOC(=O)OCCC(S)S.[H-].[Na+]. The third-order valence-electron chi connectivity index (χ3n) is 0.858. The maximum Gasteiger partial charge on any atom is 1.00 e.